The Hall–Kier alpha value is -1.55. The van der Waals surface area contributed by atoms with E-state index in [-0.39, 0.29) is 13.0 Å². The van der Waals surface area contributed by atoms with Crippen molar-refractivity contribution >= 4 is 32.7 Å². The van der Waals surface area contributed by atoms with Crippen molar-refractivity contribution in [2.45, 2.75) is 6.42 Å². The number of carboxylic acids is 1. The lowest BCUT2D eigenvalue weighted by Crippen LogP contribution is -2.04. The van der Waals surface area contributed by atoms with E-state index in [1.807, 2.05) is 36.4 Å². The van der Waals surface area contributed by atoms with Crippen LogP contribution in [0.3, 0.4) is 0 Å². The third-order valence-electron chi connectivity index (χ3n) is 2.36. The molecule has 0 spiro atoms. The van der Waals surface area contributed by atoms with E-state index in [1.54, 1.807) is 0 Å². The molecule has 0 unspecified atom stereocenters. The molecule has 0 atom stereocenters. The van der Waals surface area contributed by atoms with Gasteiger partial charge < -0.3 is 9.84 Å². The first kappa shape index (κ1) is 11.9. The number of hydrogen-bond acceptors (Lipinski definition) is 2. The van der Waals surface area contributed by atoms with Gasteiger partial charge in [-0.25, -0.2) is 0 Å². The molecule has 2 aromatic rings. The molecule has 0 bridgehead atoms. The summed E-state index contributed by atoms with van der Waals surface area (Å²) < 4.78 is 6.38. The Balaban J connectivity index is 2.16. The molecule has 2 aromatic carbocycles. The molecular formula is C13H11BrO3. The molecule has 4 heteroatoms. The molecule has 0 saturated carbocycles. The molecule has 88 valence electrons. The molecule has 0 fully saturated rings. The first-order valence-corrected chi connectivity index (χ1v) is 5.98. The topological polar surface area (TPSA) is 46.5 Å². The maximum absolute atomic E-state index is 10.4. The number of rotatable bonds is 4. The summed E-state index contributed by atoms with van der Waals surface area (Å²) in [5.41, 5.74) is 0. The van der Waals surface area contributed by atoms with Gasteiger partial charge in [-0.05, 0) is 35.0 Å². The predicted molar refractivity (Wildman–Crippen MR) is 69.4 cm³/mol. The number of aliphatic carboxylic acids is 1. The van der Waals surface area contributed by atoms with Crippen LogP contribution in [0.1, 0.15) is 6.42 Å². The largest absolute Gasteiger partial charge is 0.493 e. The van der Waals surface area contributed by atoms with Gasteiger partial charge in [-0.2, -0.15) is 0 Å². The molecule has 1 N–H and O–H groups in total. The van der Waals surface area contributed by atoms with E-state index < -0.39 is 5.97 Å². The zero-order chi connectivity index (χ0) is 12.3. The summed E-state index contributed by atoms with van der Waals surface area (Å²) in [7, 11) is 0. The Morgan fingerprint density at radius 2 is 1.94 bits per heavy atom. The van der Waals surface area contributed by atoms with Gasteiger partial charge in [0.25, 0.3) is 0 Å². The first-order chi connectivity index (χ1) is 8.15. The minimum absolute atomic E-state index is 0.0104. The second-order valence-electron chi connectivity index (χ2n) is 3.65. The minimum Gasteiger partial charge on any atom is -0.493 e. The quantitative estimate of drug-likeness (QED) is 0.939. The third kappa shape index (κ3) is 3.20. The molecule has 3 nitrogen and oxygen atoms in total. The Morgan fingerprint density at radius 1 is 1.18 bits per heavy atom. The predicted octanol–water partition coefficient (Wildman–Crippen LogP) is 3.46. The van der Waals surface area contributed by atoms with Crippen molar-refractivity contribution < 1.29 is 14.6 Å². The molecular weight excluding hydrogens is 284 g/mol. The molecule has 0 aliphatic carbocycles. The van der Waals surface area contributed by atoms with Gasteiger partial charge in [0, 0.05) is 4.47 Å². The number of carbonyl (C=O) groups is 1. The molecule has 0 aromatic heterocycles. The molecule has 0 aliphatic rings. The SMILES string of the molecule is O=C(O)CCOc1ccc2ccc(Br)cc2c1. The summed E-state index contributed by atoms with van der Waals surface area (Å²) in [4.78, 5) is 10.4. The van der Waals surface area contributed by atoms with Crippen LogP contribution in [-0.4, -0.2) is 17.7 Å². The van der Waals surface area contributed by atoms with Crippen molar-refractivity contribution in [3.8, 4) is 5.75 Å². The smallest absolute Gasteiger partial charge is 0.306 e. The van der Waals surface area contributed by atoms with Gasteiger partial charge in [0.05, 0.1) is 13.0 Å². The third-order valence-corrected chi connectivity index (χ3v) is 2.85. The molecule has 0 amide bonds. The van der Waals surface area contributed by atoms with E-state index in [4.69, 9.17) is 9.84 Å². The van der Waals surface area contributed by atoms with Crippen LogP contribution in [0, 0.1) is 0 Å². The van der Waals surface area contributed by atoms with E-state index >= 15 is 0 Å². The lowest BCUT2D eigenvalue weighted by atomic mass is 10.1. The molecule has 2 rings (SSSR count). The van der Waals surface area contributed by atoms with E-state index in [0.717, 1.165) is 15.2 Å². The molecule has 0 aliphatic heterocycles. The van der Waals surface area contributed by atoms with Crippen molar-refractivity contribution in [2.24, 2.45) is 0 Å². The number of carboxylic acid groups (broad SMARTS) is 1. The second kappa shape index (κ2) is 5.19. The Bertz CT molecular complexity index is 551. The van der Waals surface area contributed by atoms with Crippen LogP contribution in [0.4, 0.5) is 0 Å². The monoisotopic (exact) mass is 294 g/mol. The van der Waals surface area contributed by atoms with E-state index in [9.17, 15) is 4.79 Å². The van der Waals surface area contributed by atoms with Gasteiger partial charge in [0.2, 0.25) is 0 Å². The van der Waals surface area contributed by atoms with Crippen LogP contribution in [0.5, 0.6) is 5.75 Å². The molecule has 0 heterocycles. The lowest BCUT2D eigenvalue weighted by molar-refractivity contribution is -0.137. The highest BCUT2D eigenvalue weighted by Crippen LogP contribution is 2.24. The van der Waals surface area contributed by atoms with Crippen LogP contribution in [-0.2, 0) is 4.79 Å². The fourth-order valence-electron chi connectivity index (χ4n) is 1.54. The average Bonchev–Trinajstić information content (AvgIpc) is 2.28. The summed E-state index contributed by atoms with van der Waals surface area (Å²) in [5, 5.41) is 10.7. The van der Waals surface area contributed by atoms with E-state index in [0.29, 0.717) is 5.75 Å². The van der Waals surface area contributed by atoms with Gasteiger partial charge in [-0.3, -0.25) is 4.79 Å². The second-order valence-corrected chi connectivity index (χ2v) is 4.56. The normalized spacial score (nSPS) is 10.4. The fourth-order valence-corrected chi connectivity index (χ4v) is 1.92. The summed E-state index contributed by atoms with van der Waals surface area (Å²) >= 11 is 3.41. The maximum Gasteiger partial charge on any atom is 0.306 e. The zero-order valence-electron chi connectivity index (χ0n) is 9.02. The van der Waals surface area contributed by atoms with Crippen molar-refractivity contribution in [1.29, 1.82) is 0 Å². The van der Waals surface area contributed by atoms with Crippen LogP contribution in [0.25, 0.3) is 10.8 Å². The minimum atomic E-state index is -0.853. The standard InChI is InChI=1S/C13H11BrO3/c14-11-3-1-9-2-4-12(8-10(9)7-11)17-6-5-13(15)16/h1-4,7-8H,5-6H2,(H,15,16). The fraction of sp³-hybridized carbons (Fsp3) is 0.154. The van der Waals surface area contributed by atoms with Crippen molar-refractivity contribution in [3.63, 3.8) is 0 Å². The van der Waals surface area contributed by atoms with Crippen molar-refractivity contribution in [1.82, 2.24) is 0 Å². The average molecular weight is 295 g/mol. The number of halogens is 1. The Kier molecular flexibility index (Phi) is 3.64. The summed E-state index contributed by atoms with van der Waals surface area (Å²) in [6, 6.07) is 11.7. The van der Waals surface area contributed by atoms with Crippen LogP contribution in [0.2, 0.25) is 0 Å². The summed E-state index contributed by atoms with van der Waals surface area (Å²) in [5.74, 6) is -0.162. The van der Waals surface area contributed by atoms with Crippen molar-refractivity contribution in [3.05, 3.63) is 40.9 Å². The van der Waals surface area contributed by atoms with Gasteiger partial charge in [-0.1, -0.05) is 28.1 Å². The highest BCUT2D eigenvalue weighted by molar-refractivity contribution is 9.10. The summed E-state index contributed by atoms with van der Waals surface area (Å²) in [6.45, 7) is 0.189. The first-order valence-electron chi connectivity index (χ1n) is 5.19. The van der Waals surface area contributed by atoms with E-state index in [1.165, 1.54) is 0 Å². The lowest BCUT2D eigenvalue weighted by Gasteiger charge is -2.06. The van der Waals surface area contributed by atoms with Crippen LogP contribution in [0.15, 0.2) is 40.9 Å². The van der Waals surface area contributed by atoms with Gasteiger partial charge in [0.15, 0.2) is 0 Å². The Labute approximate surface area is 107 Å². The number of fused-ring (bicyclic) bond motifs is 1. The van der Waals surface area contributed by atoms with Gasteiger partial charge >= 0.3 is 5.97 Å². The molecule has 0 saturated heterocycles. The Morgan fingerprint density at radius 3 is 2.71 bits per heavy atom. The van der Waals surface area contributed by atoms with Gasteiger partial charge in [0.1, 0.15) is 5.75 Å². The number of hydrogen-bond donors (Lipinski definition) is 1. The summed E-state index contributed by atoms with van der Waals surface area (Å²) in [6.07, 6.45) is 0.0104. The molecule has 0 radical (unpaired) electrons. The zero-order valence-corrected chi connectivity index (χ0v) is 10.6. The molecule has 17 heavy (non-hydrogen) atoms. The number of ether oxygens (including phenoxy) is 1. The highest BCUT2D eigenvalue weighted by Gasteiger charge is 2.00. The van der Waals surface area contributed by atoms with Crippen LogP contribution >= 0.6 is 15.9 Å². The van der Waals surface area contributed by atoms with Crippen molar-refractivity contribution in [2.75, 3.05) is 6.61 Å². The van der Waals surface area contributed by atoms with Crippen LogP contribution < -0.4 is 4.74 Å². The highest BCUT2D eigenvalue weighted by atomic mass is 79.9. The maximum atomic E-state index is 10.4. The van der Waals surface area contributed by atoms with E-state index in [2.05, 4.69) is 15.9 Å². The van der Waals surface area contributed by atoms with Gasteiger partial charge in [-0.15, -0.1) is 0 Å². The number of benzene rings is 2.